The van der Waals surface area contributed by atoms with Gasteiger partial charge in [0.25, 0.3) is 5.91 Å². The first-order valence-corrected chi connectivity index (χ1v) is 9.10. The zero-order chi connectivity index (χ0) is 16.1. The highest BCUT2D eigenvalue weighted by atomic mass is 35.5. The lowest BCUT2D eigenvalue weighted by molar-refractivity contribution is 0.0437. The number of thiazole rings is 1. The quantitative estimate of drug-likeness (QED) is 0.722. The van der Waals surface area contributed by atoms with E-state index in [1.165, 1.54) is 0 Å². The molecule has 2 unspecified atom stereocenters. The van der Waals surface area contributed by atoms with Gasteiger partial charge in [-0.05, 0) is 25.0 Å². The Bertz CT molecular complexity index is 901. The number of aromatic nitrogens is 3. The molecule has 1 amide bonds. The molecule has 0 radical (unpaired) electrons. The molecule has 0 spiro atoms. The number of benzene rings is 1. The summed E-state index contributed by atoms with van der Waals surface area (Å²) in [6.07, 6.45) is 4.04. The molecule has 3 fully saturated rings. The van der Waals surface area contributed by atoms with Crippen molar-refractivity contribution in [1.29, 1.82) is 0 Å². The number of aromatic amines is 1. The maximum absolute atomic E-state index is 13.0. The highest BCUT2D eigenvalue weighted by molar-refractivity contribution is 7.13. The minimum Gasteiger partial charge on any atom is -0.331 e. The van der Waals surface area contributed by atoms with Gasteiger partial charge < -0.3 is 10.2 Å². The average molecular weight is 376 g/mol. The van der Waals surface area contributed by atoms with E-state index in [1.807, 2.05) is 28.5 Å². The summed E-state index contributed by atoms with van der Waals surface area (Å²) in [5.74, 6) is 0.0412. The van der Waals surface area contributed by atoms with E-state index < -0.39 is 0 Å². The molecule has 2 aromatic heterocycles. The molecule has 1 aromatic carbocycles. The van der Waals surface area contributed by atoms with Crippen LogP contribution in [0.25, 0.3) is 21.5 Å². The van der Waals surface area contributed by atoms with E-state index in [0.29, 0.717) is 17.8 Å². The molecule has 6 nitrogen and oxygen atoms in total. The number of rotatable bonds is 2. The first-order valence-electron chi connectivity index (χ1n) is 8.22. The van der Waals surface area contributed by atoms with Crippen LogP contribution in [0.15, 0.2) is 29.8 Å². The number of nitrogens with zero attached hydrogens (tertiary/aromatic N) is 3. The van der Waals surface area contributed by atoms with Gasteiger partial charge in [-0.1, -0.05) is 6.07 Å². The van der Waals surface area contributed by atoms with E-state index >= 15 is 0 Å². The number of H-pyrrole nitrogens is 1. The summed E-state index contributed by atoms with van der Waals surface area (Å²) in [6, 6.07) is 6.73. The number of nitrogens with one attached hydrogen (secondary N) is 2. The molecule has 3 aliphatic rings. The van der Waals surface area contributed by atoms with Crippen LogP contribution in [-0.4, -0.2) is 51.2 Å². The molecule has 0 saturated carbocycles. The second-order valence-electron chi connectivity index (χ2n) is 6.46. The zero-order valence-corrected chi connectivity index (χ0v) is 15.1. The minimum atomic E-state index is 0. The Hall–Kier alpha value is -1.96. The number of amides is 1. The summed E-state index contributed by atoms with van der Waals surface area (Å²) >= 11 is 1.60. The first-order chi connectivity index (χ1) is 11.8. The van der Waals surface area contributed by atoms with Crippen LogP contribution in [0.5, 0.6) is 0 Å². The summed E-state index contributed by atoms with van der Waals surface area (Å²) in [5.41, 5.74) is 2.45. The van der Waals surface area contributed by atoms with Crippen LogP contribution in [0.2, 0.25) is 0 Å². The van der Waals surface area contributed by atoms with Crippen LogP contribution in [0.1, 0.15) is 23.3 Å². The molecule has 3 aliphatic heterocycles. The predicted octanol–water partition coefficient (Wildman–Crippen LogP) is 2.68. The smallest absolute Gasteiger partial charge is 0.275 e. The highest BCUT2D eigenvalue weighted by Crippen LogP contribution is 2.29. The van der Waals surface area contributed by atoms with Gasteiger partial charge in [-0.25, -0.2) is 4.98 Å². The van der Waals surface area contributed by atoms with Gasteiger partial charge in [0.2, 0.25) is 0 Å². The fourth-order valence-electron chi connectivity index (χ4n) is 3.78. The Labute approximate surface area is 155 Å². The normalized spacial score (nSPS) is 22.2. The molecule has 25 heavy (non-hydrogen) atoms. The van der Waals surface area contributed by atoms with Gasteiger partial charge in [-0.15, -0.1) is 23.7 Å². The Morgan fingerprint density at radius 2 is 2.24 bits per heavy atom. The van der Waals surface area contributed by atoms with Gasteiger partial charge in [0.1, 0.15) is 5.01 Å². The molecule has 8 heteroatoms. The van der Waals surface area contributed by atoms with Crippen LogP contribution in [0.4, 0.5) is 0 Å². The maximum atomic E-state index is 13.0. The van der Waals surface area contributed by atoms with E-state index in [4.69, 9.17) is 0 Å². The predicted molar refractivity (Wildman–Crippen MR) is 100 cm³/mol. The topological polar surface area (TPSA) is 73.9 Å². The zero-order valence-electron chi connectivity index (χ0n) is 13.4. The van der Waals surface area contributed by atoms with E-state index in [-0.39, 0.29) is 18.3 Å². The summed E-state index contributed by atoms with van der Waals surface area (Å²) in [4.78, 5) is 19.3. The number of halogens is 1. The average Bonchev–Trinajstić information content (AvgIpc) is 3.31. The lowest BCUT2D eigenvalue weighted by Gasteiger charge is -2.45. The van der Waals surface area contributed by atoms with Crippen molar-refractivity contribution in [3.8, 4) is 10.6 Å². The number of hydrogen-bond donors (Lipinski definition) is 2. The van der Waals surface area contributed by atoms with E-state index in [0.717, 1.165) is 47.4 Å². The molecule has 3 aromatic rings. The lowest BCUT2D eigenvalue weighted by Crippen LogP contribution is -2.62. The molecule has 2 atom stereocenters. The summed E-state index contributed by atoms with van der Waals surface area (Å²) in [7, 11) is 0. The molecule has 2 N–H and O–H groups in total. The second-order valence-corrected chi connectivity index (χ2v) is 7.36. The Morgan fingerprint density at radius 1 is 1.32 bits per heavy atom. The number of piperidine rings is 2. The molecule has 6 rings (SSSR count). The molecule has 130 valence electrons. The monoisotopic (exact) mass is 375 g/mol. The summed E-state index contributed by atoms with van der Waals surface area (Å²) < 4.78 is 0. The van der Waals surface area contributed by atoms with Crippen molar-refractivity contribution in [2.45, 2.75) is 24.9 Å². The van der Waals surface area contributed by atoms with Crippen LogP contribution >= 0.6 is 23.7 Å². The van der Waals surface area contributed by atoms with Crippen molar-refractivity contribution < 1.29 is 4.79 Å². The Kier molecular flexibility index (Phi) is 4.23. The van der Waals surface area contributed by atoms with Gasteiger partial charge in [-0.2, -0.15) is 5.10 Å². The first kappa shape index (κ1) is 16.5. The number of carbonyl (C=O) groups is 1. The van der Waals surface area contributed by atoms with Crippen LogP contribution in [0.3, 0.4) is 0 Å². The lowest BCUT2D eigenvalue weighted by atomic mass is 9.92. The second kappa shape index (κ2) is 6.40. The SMILES string of the molecule is Cl.O=C(c1n[nH]c2cc(-c3nccs3)ccc12)N1CC2CCC1CN2. The van der Waals surface area contributed by atoms with Crippen molar-refractivity contribution in [2.75, 3.05) is 13.1 Å². The van der Waals surface area contributed by atoms with E-state index in [2.05, 4.69) is 20.5 Å². The van der Waals surface area contributed by atoms with Crippen LogP contribution in [0, 0.1) is 0 Å². The minimum absolute atomic E-state index is 0. The molecule has 3 saturated heterocycles. The number of carbonyl (C=O) groups excluding carboxylic acids is 1. The number of fused-ring (bicyclic) bond motifs is 4. The third-order valence-corrected chi connectivity index (χ3v) is 5.88. The van der Waals surface area contributed by atoms with Gasteiger partial charge >= 0.3 is 0 Å². The molecular weight excluding hydrogens is 358 g/mol. The highest BCUT2D eigenvalue weighted by Gasteiger charge is 2.37. The largest absolute Gasteiger partial charge is 0.331 e. The van der Waals surface area contributed by atoms with Gasteiger partial charge in [0.15, 0.2) is 5.69 Å². The summed E-state index contributed by atoms with van der Waals surface area (Å²) in [6.45, 7) is 1.68. The van der Waals surface area contributed by atoms with Gasteiger partial charge in [0, 0.05) is 47.7 Å². The molecule has 2 bridgehead atoms. The fourth-order valence-corrected chi connectivity index (χ4v) is 4.41. The van der Waals surface area contributed by atoms with Crippen LogP contribution in [-0.2, 0) is 0 Å². The van der Waals surface area contributed by atoms with E-state index in [1.54, 1.807) is 17.5 Å². The van der Waals surface area contributed by atoms with Crippen molar-refractivity contribution in [3.05, 3.63) is 35.5 Å². The number of hydrogen-bond acceptors (Lipinski definition) is 5. The molecular formula is C17H18ClN5OS. The molecule has 0 aliphatic carbocycles. The fraction of sp³-hybridized carbons (Fsp3) is 0.353. The maximum Gasteiger partial charge on any atom is 0.275 e. The Morgan fingerprint density at radius 3 is 2.92 bits per heavy atom. The van der Waals surface area contributed by atoms with Crippen LogP contribution < -0.4 is 5.32 Å². The van der Waals surface area contributed by atoms with Gasteiger partial charge in [0.05, 0.1) is 5.52 Å². The van der Waals surface area contributed by atoms with Gasteiger partial charge in [-0.3, -0.25) is 9.89 Å². The van der Waals surface area contributed by atoms with Crippen molar-refractivity contribution >= 4 is 40.6 Å². The third kappa shape index (κ3) is 2.72. The number of piperazine rings is 1. The van der Waals surface area contributed by atoms with E-state index in [9.17, 15) is 4.79 Å². The summed E-state index contributed by atoms with van der Waals surface area (Å²) in [5, 5.41) is 14.6. The standard InChI is InChI=1S/C17H17N5OS.ClH/c23-17(22-9-11-2-3-12(22)8-19-11)15-13-4-1-10(7-14(13)20-21-15)16-18-5-6-24-16;/h1,4-7,11-12,19H,2-3,8-9H2,(H,20,21);1H. The molecule has 5 heterocycles. The Balaban J connectivity index is 0.00000157. The van der Waals surface area contributed by atoms with Crippen molar-refractivity contribution in [3.63, 3.8) is 0 Å². The third-order valence-electron chi connectivity index (χ3n) is 5.05. The van der Waals surface area contributed by atoms with Crippen molar-refractivity contribution in [2.24, 2.45) is 0 Å². The van der Waals surface area contributed by atoms with Crippen molar-refractivity contribution in [1.82, 2.24) is 25.4 Å².